The molecule has 0 atom stereocenters. The van der Waals surface area contributed by atoms with E-state index in [1.54, 1.807) is 0 Å². The van der Waals surface area contributed by atoms with Crippen molar-refractivity contribution in [1.82, 2.24) is 0 Å². The molecule has 2 N–H and O–H groups in total. The molecule has 7 nitrogen and oxygen atoms in total. The summed E-state index contributed by atoms with van der Waals surface area (Å²) < 4.78 is 0. The highest BCUT2D eigenvalue weighted by atomic mass is 15.4. The van der Waals surface area contributed by atoms with E-state index in [0.29, 0.717) is 0 Å². The lowest BCUT2D eigenvalue weighted by Crippen LogP contribution is -1.55. The molecule has 0 saturated heterocycles. The summed E-state index contributed by atoms with van der Waals surface area (Å²) in [7, 11) is 0. The van der Waals surface area contributed by atoms with Crippen LogP contribution in [0, 0.1) is 11.1 Å². The van der Waals surface area contributed by atoms with Crippen LogP contribution in [0.1, 0.15) is 0 Å². The summed E-state index contributed by atoms with van der Waals surface area (Å²) in [4.78, 5) is 0. The number of rotatable bonds is 3. The molecule has 0 aromatic rings. The average molecular weight is 113 g/mol. The lowest BCUT2D eigenvalue weighted by atomic mass is 11.4. The predicted molar refractivity (Wildman–Crippen MR) is 23.6 cm³/mol. The van der Waals surface area contributed by atoms with Gasteiger partial charge in [0.2, 0.25) is 0 Å². The molecule has 0 saturated carbocycles. The standard InChI is InChI=1S/CH3N7/c2-6-4-1-5-8-7-3/h1-3H/b4-1+,6-2?,7-3?,8-5+. The minimum atomic E-state index is 0.908. The molecule has 0 aromatic heterocycles. The summed E-state index contributed by atoms with van der Waals surface area (Å²) in [5.41, 5.74) is 12.1. The summed E-state index contributed by atoms with van der Waals surface area (Å²) >= 11 is 0. The number of hydrogen-bond donors (Lipinski definition) is 2. The first-order valence-corrected chi connectivity index (χ1v) is 1.56. The fourth-order valence-corrected chi connectivity index (χ4v) is 0.0978. The van der Waals surface area contributed by atoms with Crippen molar-refractivity contribution in [2.75, 3.05) is 0 Å². The van der Waals surface area contributed by atoms with Gasteiger partial charge in [0.1, 0.15) is 0 Å². The maximum absolute atomic E-state index is 6.09. The molecule has 0 radical (unpaired) electrons. The van der Waals surface area contributed by atoms with Gasteiger partial charge in [0.25, 0.3) is 0 Å². The zero-order valence-electron chi connectivity index (χ0n) is 3.81. The van der Waals surface area contributed by atoms with Gasteiger partial charge >= 0.3 is 0 Å². The molecule has 0 fully saturated rings. The molecular formula is CH3N7. The van der Waals surface area contributed by atoms with E-state index in [4.69, 9.17) is 11.1 Å². The van der Waals surface area contributed by atoms with Gasteiger partial charge in [-0.3, -0.25) is 0 Å². The highest BCUT2D eigenvalue weighted by Gasteiger charge is 1.59. The van der Waals surface area contributed by atoms with Crippen LogP contribution in [0.15, 0.2) is 25.9 Å². The zero-order valence-corrected chi connectivity index (χ0v) is 3.81. The summed E-state index contributed by atoms with van der Waals surface area (Å²) in [5, 5.41) is 13.9. The second-order valence-corrected chi connectivity index (χ2v) is 0.636. The van der Waals surface area contributed by atoms with E-state index in [2.05, 4.69) is 25.9 Å². The lowest BCUT2D eigenvalue weighted by molar-refractivity contribution is 0.915. The Morgan fingerprint density at radius 2 is 1.88 bits per heavy atom. The minimum Gasteiger partial charge on any atom is -0.184 e. The average Bonchev–Trinajstić information content (AvgIpc) is 1.81. The van der Waals surface area contributed by atoms with Crippen LogP contribution in [0.25, 0.3) is 0 Å². The van der Waals surface area contributed by atoms with Gasteiger partial charge in [-0.05, 0) is 10.4 Å². The second kappa shape index (κ2) is 5.47. The Hall–Kier alpha value is -1.53. The fraction of sp³-hybridized carbons (Fsp3) is 0. The van der Waals surface area contributed by atoms with Gasteiger partial charge in [0.05, 0.1) is 0 Å². The Morgan fingerprint density at radius 3 is 2.38 bits per heavy atom. The van der Waals surface area contributed by atoms with Crippen molar-refractivity contribution in [1.29, 1.82) is 11.1 Å². The molecular weight excluding hydrogens is 110 g/mol. The molecule has 0 rings (SSSR count). The molecule has 0 aliphatic rings. The van der Waals surface area contributed by atoms with Gasteiger partial charge < -0.3 is 0 Å². The SMILES string of the molecule is N=N/N=C/N=N/N=N. The highest BCUT2D eigenvalue weighted by molar-refractivity contribution is 5.53. The topological polar surface area (TPSA) is 110 Å². The molecule has 0 heterocycles. The van der Waals surface area contributed by atoms with Crippen LogP contribution >= 0.6 is 0 Å². The van der Waals surface area contributed by atoms with Crippen molar-refractivity contribution < 1.29 is 0 Å². The minimum absolute atomic E-state index is 0.908. The van der Waals surface area contributed by atoms with Crippen LogP contribution in [-0.2, 0) is 0 Å². The molecule has 8 heavy (non-hydrogen) atoms. The number of nitrogens with zero attached hydrogens (tertiary/aromatic N) is 5. The predicted octanol–water partition coefficient (Wildman–Crippen LogP) is 1.36. The molecule has 0 unspecified atom stereocenters. The molecule has 0 amide bonds. The first kappa shape index (κ1) is 6.47. The van der Waals surface area contributed by atoms with Crippen molar-refractivity contribution in [3.05, 3.63) is 0 Å². The highest BCUT2D eigenvalue weighted by Crippen LogP contribution is 1.71. The van der Waals surface area contributed by atoms with Crippen molar-refractivity contribution >= 4 is 6.34 Å². The van der Waals surface area contributed by atoms with E-state index < -0.39 is 0 Å². The number of hydrogen-bond acceptors (Lipinski definition) is 3. The van der Waals surface area contributed by atoms with E-state index in [0.717, 1.165) is 6.34 Å². The van der Waals surface area contributed by atoms with Crippen LogP contribution in [0.3, 0.4) is 0 Å². The van der Waals surface area contributed by atoms with Gasteiger partial charge in [-0.2, -0.15) is 11.1 Å². The van der Waals surface area contributed by atoms with Crippen molar-refractivity contribution in [2.24, 2.45) is 25.9 Å². The van der Waals surface area contributed by atoms with Gasteiger partial charge in [-0.15, -0.1) is 10.2 Å². The molecule has 0 spiro atoms. The Morgan fingerprint density at radius 1 is 1.12 bits per heavy atom. The third kappa shape index (κ3) is 4.47. The van der Waals surface area contributed by atoms with Gasteiger partial charge in [0.15, 0.2) is 6.34 Å². The van der Waals surface area contributed by atoms with E-state index in [1.807, 2.05) is 0 Å². The Kier molecular flexibility index (Phi) is 4.42. The normalized spacial score (nSPS) is 10.5. The zero-order chi connectivity index (χ0) is 6.24. The second-order valence-electron chi connectivity index (χ2n) is 0.636. The third-order valence-corrected chi connectivity index (χ3v) is 0.257. The largest absolute Gasteiger partial charge is 0.184 e. The summed E-state index contributed by atoms with van der Waals surface area (Å²) in [5.74, 6) is 0. The maximum atomic E-state index is 6.09. The Balaban J connectivity index is 3.41. The van der Waals surface area contributed by atoms with Crippen molar-refractivity contribution in [3.63, 3.8) is 0 Å². The first-order valence-electron chi connectivity index (χ1n) is 1.56. The van der Waals surface area contributed by atoms with Gasteiger partial charge in [-0.25, -0.2) is 0 Å². The quantitative estimate of drug-likeness (QED) is 0.238. The Labute approximate surface area is 44.5 Å². The number of nitrogens with one attached hydrogen (secondary N) is 2. The van der Waals surface area contributed by atoms with Crippen molar-refractivity contribution in [2.45, 2.75) is 0 Å². The lowest BCUT2D eigenvalue weighted by Gasteiger charge is -1.64. The van der Waals surface area contributed by atoms with E-state index >= 15 is 0 Å². The van der Waals surface area contributed by atoms with Crippen LogP contribution in [0.2, 0.25) is 0 Å². The van der Waals surface area contributed by atoms with E-state index in [-0.39, 0.29) is 0 Å². The van der Waals surface area contributed by atoms with Crippen LogP contribution in [0.5, 0.6) is 0 Å². The maximum Gasteiger partial charge on any atom is 0.164 e. The first-order chi connectivity index (χ1) is 3.91. The molecule has 42 valence electrons. The van der Waals surface area contributed by atoms with Crippen molar-refractivity contribution in [3.8, 4) is 0 Å². The fourth-order valence-electron chi connectivity index (χ4n) is 0.0978. The molecule has 0 aromatic carbocycles. The summed E-state index contributed by atoms with van der Waals surface area (Å²) in [6.45, 7) is 0. The van der Waals surface area contributed by atoms with Gasteiger partial charge in [-0.1, -0.05) is 5.22 Å². The van der Waals surface area contributed by atoms with Gasteiger partial charge in [0, 0.05) is 0 Å². The summed E-state index contributed by atoms with van der Waals surface area (Å²) in [6, 6.07) is 0. The summed E-state index contributed by atoms with van der Waals surface area (Å²) in [6.07, 6.45) is 0.908. The van der Waals surface area contributed by atoms with E-state index in [1.165, 1.54) is 0 Å². The van der Waals surface area contributed by atoms with Crippen LogP contribution in [-0.4, -0.2) is 6.34 Å². The van der Waals surface area contributed by atoms with E-state index in [9.17, 15) is 0 Å². The molecule has 0 aliphatic carbocycles. The molecule has 0 bridgehead atoms. The molecule has 7 heteroatoms. The monoisotopic (exact) mass is 113 g/mol. The third-order valence-electron chi connectivity index (χ3n) is 0.257. The Bertz CT molecular complexity index is 104. The smallest absolute Gasteiger partial charge is 0.164 e. The van der Waals surface area contributed by atoms with Crippen LogP contribution in [0.4, 0.5) is 0 Å². The molecule has 0 aliphatic heterocycles. The van der Waals surface area contributed by atoms with Crippen LogP contribution < -0.4 is 0 Å².